The molecule has 1 N–H and O–H groups in total. The molecule has 0 radical (unpaired) electrons. The monoisotopic (exact) mass is 424 g/mol. The lowest BCUT2D eigenvalue weighted by Crippen LogP contribution is -2.18. The van der Waals surface area contributed by atoms with E-state index in [9.17, 15) is 9.59 Å². The molecule has 0 atom stereocenters. The van der Waals surface area contributed by atoms with Crippen LogP contribution >= 0.6 is 11.6 Å². The Labute approximate surface area is 179 Å². The highest BCUT2D eigenvalue weighted by Gasteiger charge is 2.17. The smallest absolute Gasteiger partial charge is 0.250 e. The van der Waals surface area contributed by atoms with Crippen LogP contribution in [0.5, 0.6) is 11.5 Å². The van der Waals surface area contributed by atoms with Crippen molar-refractivity contribution in [1.82, 2.24) is 4.57 Å². The van der Waals surface area contributed by atoms with E-state index in [1.54, 1.807) is 29.0 Å². The van der Waals surface area contributed by atoms with Crippen LogP contribution in [0.1, 0.15) is 17.5 Å². The Bertz CT molecular complexity index is 1110. The van der Waals surface area contributed by atoms with Gasteiger partial charge in [0.15, 0.2) is 11.5 Å². The minimum absolute atomic E-state index is 0.0522. The number of anilines is 1. The first kappa shape index (κ1) is 20.0. The molecule has 0 spiro atoms. The molecule has 3 aromatic rings. The number of benzene rings is 2. The number of rotatable bonds is 5. The van der Waals surface area contributed by atoms with Crippen LogP contribution in [0, 0.1) is 0 Å². The highest BCUT2D eigenvalue weighted by atomic mass is 35.5. The lowest BCUT2D eigenvalue weighted by molar-refractivity contribution is -0.115. The molecule has 1 aliphatic heterocycles. The molecule has 1 aromatic heterocycles. The van der Waals surface area contributed by atoms with Crippen LogP contribution in [0.4, 0.5) is 5.69 Å². The number of hydrogen-bond acceptors (Lipinski definition) is 4. The first-order valence-electron chi connectivity index (χ1n) is 9.71. The Balaban J connectivity index is 1.39. The summed E-state index contributed by atoms with van der Waals surface area (Å²) in [6, 6.07) is 16.0. The molecule has 2 heterocycles. The van der Waals surface area contributed by atoms with E-state index in [1.165, 1.54) is 6.07 Å². The molecule has 6 nitrogen and oxygen atoms in total. The second kappa shape index (κ2) is 9.05. The molecule has 1 aliphatic rings. The molecule has 0 saturated heterocycles. The number of nitrogens with one attached hydrogen (secondary N) is 1. The summed E-state index contributed by atoms with van der Waals surface area (Å²) < 4.78 is 12.9. The Hall–Kier alpha value is -3.25. The second-order valence-corrected chi connectivity index (χ2v) is 7.45. The number of halogens is 1. The fraction of sp³-hybridized carbons (Fsp3) is 0.217. The van der Waals surface area contributed by atoms with Crippen molar-refractivity contribution in [1.29, 1.82) is 0 Å². The van der Waals surface area contributed by atoms with Crippen LogP contribution < -0.4 is 20.3 Å². The van der Waals surface area contributed by atoms with Crippen molar-refractivity contribution in [2.75, 3.05) is 18.5 Å². The maximum Gasteiger partial charge on any atom is 0.250 e. The lowest BCUT2D eigenvalue weighted by atomic mass is 10.1. The molecule has 30 heavy (non-hydrogen) atoms. The van der Waals surface area contributed by atoms with Crippen LogP contribution in [0.2, 0.25) is 5.02 Å². The number of pyridine rings is 1. The fourth-order valence-corrected chi connectivity index (χ4v) is 3.55. The average Bonchev–Trinajstić information content (AvgIpc) is 2.97. The van der Waals surface area contributed by atoms with Gasteiger partial charge in [-0.1, -0.05) is 29.8 Å². The number of aromatic nitrogens is 1. The van der Waals surface area contributed by atoms with Gasteiger partial charge in [-0.25, -0.2) is 0 Å². The van der Waals surface area contributed by atoms with Crippen LogP contribution in [0.15, 0.2) is 65.6 Å². The van der Waals surface area contributed by atoms with Crippen LogP contribution in [0.3, 0.4) is 0 Å². The third-order valence-electron chi connectivity index (χ3n) is 4.72. The van der Waals surface area contributed by atoms with E-state index in [-0.39, 0.29) is 17.9 Å². The van der Waals surface area contributed by atoms with E-state index in [0.29, 0.717) is 42.0 Å². The summed E-state index contributed by atoms with van der Waals surface area (Å²) in [5.74, 6) is 0.947. The third-order valence-corrected chi connectivity index (χ3v) is 5.00. The molecule has 4 rings (SSSR count). The van der Waals surface area contributed by atoms with Crippen LogP contribution in [-0.2, 0) is 17.8 Å². The van der Waals surface area contributed by atoms with Gasteiger partial charge in [-0.3, -0.25) is 9.59 Å². The van der Waals surface area contributed by atoms with Crippen LogP contribution in [-0.4, -0.2) is 23.7 Å². The van der Waals surface area contributed by atoms with E-state index in [4.69, 9.17) is 21.1 Å². The first-order valence-corrected chi connectivity index (χ1v) is 10.1. The maximum absolute atomic E-state index is 12.5. The van der Waals surface area contributed by atoms with Crippen molar-refractivity contribution in [3.8, 4) is 11.5 Å². The van der Waals surface area contributed by atoms with Gasteiger partial charge < -0.3 is 19.4 Å². The second-order valence-electron chi connectivity index (χ2n) is 7.04. The van der Waals surface area contributed by atoms with E-state index >= 15 is 0 Å². The van der Waals surface area contributed by atoms with Crippen molar-refractivity contribution in [3.63, 3.8) is 0 Å². The molecule has 7 heteroatoms. The Kier molecular flexibility index (Phi) is 6.05. The Morgan fingerprint density at radius 1 is 1.03 bits per heavy atom. The summed E-state index contributed by atoms with van der Waals surface area (Å²) in [5, 5.41) is 3.32. The Morgan fingerprint density at radius 3 is 2.63 bits per heavy atom. The molecule has 0 bridgehead atoms. The first-order chi connectivity index (χ1) is 14.6. The van der Waals surface area contributed by atoms with Gasteiger partial charge in [-0.2, -0.15) is 0 Å². The normalized spacial score (nSPS) is 12.8. The van der Waals surface area contributed by atoms with Gasteiger partial charge in [-0.15, -0.1) is 0 Å². The third kappa shape index (κ3) is 4.83. The molecule has 1 amide bonds. The molecule has 154 valence electrons. The average molecular weight is 425 g/mol. The highest BCUT2D eigenvalue weighted by Crippen LogP contribution is 2.38. The highest BCUT2D eigenvalue weighted by molar-refractivity contribution is 6.32. The molecule has 2 aromatic carbocycles. The number of fused-ring (bicyclic) bond motifs is 1. The van der Waals surface area contributed by atoms with Crippen molar-refractivity contribution in [2.45, 2.75) is 19.4 Å². The van der Waals surface area contributed by atoms with Gasteiger partial charge >= 0.3 is 0 Å². The van der Waals surface area contributed by atoms with Crippen molar-refractivity contribution in [2.24, 2.45) is 0 Å². The van der Waals surface area contributed by atoms with Crippen molar-refractivity contribution >= 4 is 23.2 Å². The zero-order valence-electron chi connectivity index (χ0n) is 16.3. The molecule has 0 saturated carbocycles. The molecule has 0 aliphatic carbocycles. The van der Waals surface area contributed by atoms with Gasteiger partial charge in [0, 0.05) is 24.4 Å². The summed E-state index contributed by atoms with van der Waals surface area (Å²) in [5.41, 5.74) is 2.35. The number of nitrogens with zero attached hydrogens (tertiary/aromatic N) is 1. The molecule has 0 fully saturated rings. The number of hydrogen-bond donors (Lipinski definition) is 1. The topological polar surface area (TPSA) is 69.6 Å². The predicted octanol–water partition coefficient (Wildman–Crippen LogP) is 3.89. The molecular formula is C23H21ClN2O4. The van der Waals surface area contributed by atoms with Gasteiger partial charge in [0.2, 0.25) is 5.91 Å². The summed E-state index contributed by atoms with van der Waals surface area (Å²) in [6.45, 7) is 1.59. The fourth-order valence-electron chi connectivity index (χ4n) is 3.26. The van der Waals surface area contributed by atoms with Gasteiger partial charge in [0.25, 0.3) is 5.56 Å². The quantitative estimate of drug-likeness (QED) is 0.674. The van der Waals surface area contributed by atoms with Gasteiger partial charge in [0.05, 0.1) is 31.2 Å². The Morgan fingerprint density at radius 2 is 1.83 bits per heavy atom. The van der Waals surface area contributed by atoms with Gasteiger partial charge in [0.1, 0.15) is 0 Å². The largest absolute Gasteiger partial charge is 0.489 e. The summed E-state index contributed by atoms with van der Waals surface area (Å²) >= 11 is 6.30. The number of carbonyl (C=O) groups excluding carboxylic acids is 1. The summed E-state index contributed by atoms with van der Waals surface area (Å²) in [6.07, 6.45) is 2.70. The zero-order valence-corrected chi connectivity index (χ0v) is 17.0. The van der Waals surface area contributed by atoms with Crippen molar-refractivity contribution in [3.05, 3.63) is 87.3 Å². The van der Waals surface area contributed by atoms with E-state index in [1.807, 2.05) is 30.3 Å². The molecule has 0 unspecified atom stereocenters. The zero-order chi connectivity index (χ0) is 20.9. The predicted molar refractivity (Wildman–Crippen MR) is 116 cm³/mol. The van der Waals surface area contributed by atoms with Gasteiger partial charge in [-0.05, 0) is 41.5 Å². The lowest BCUT2D eigenvalue weighted by Gasteiger charge is -2.12. The standard InChI is InChI=1S/C23H21ClN2O4/c24-19-12-17(13-20-23(19)30-11-3-10-29-20)14-21(27)25-18-7-5-16(6-8-18)15-26-9-2-1-4-22(26)28/h1-2,4-9,12-13H,3,10-11,14-15H2,(H,25,27). The molecular weight excluding hydrogens is 404 g/mol. The number of carbonyl (C=O) groups is 1. The number of amides is 1. The van der Waals surface area contributed by atoms with E-state index < -0.39 is 0 Å². The maximum atomic E-state index is 12.5. The summed E-state index contributed by atoms with van der Waals surface area (Å²) in [4.78, 5) is 24.3. The van der Waals surface area contributed by atoms with Crippen molar-refractivity contribution < 1.29 is 14.3 Å². The van der Waals surface area contributed by atoms with E-state index in [0.717, 1.165) is 17.5 Å². The minimum atomic E-state index is -0.160. The SMILES string of the molecule is O=C(Cc1cc(Cl)c2c(c1)OCCCO2)Nc1ccc(Cn2ccccc2=O)cc1. The van der Waals surface area contributed by atoms with E-state index in [2.05, 4.69) is 5.32 Å². The van der Waals surface area contributed by atoms with Crippen LogP contribution in [0.25, 0.3) is 0 Å². The number of ether oxygens (including phenoxy) is 2. The minimum Gasteiger partial charge on any atom is -0.489 e. The summed E-state index contributed by atoms with van der Waals surface area (Å²) in [7, 11) is 0.